The number of hydrogen-bond donors (Lipinski definition) is 3. The molecule has 0 saturated carbocycles. The first-order valence-corrected chi connectivity index (χ1v) is 7.76. The molecule has 3 N–H and O–H groups in total. The molecule has 2 unspecified atom stereocenters. The fraction of sp³-hybridized carbons (Fsp3) is 0.571. The Bertz CT molecular complexity index is 495. The molecule has 1 aliphatic rings. The van der Waals surface area contributed by atoms with Gasteiger partial charge in [0.15, 0.2) is 5.54 Å². The van der Waals surface area contributed by atoms with Gasteiger partial charge in [-0.2, -0.15) is 0 Å². The molecule has 1 fully saturated rings. The SMILES string of the molecule is CC(C)C(NC(=O)NC1(C(=O)O)CCOC1)c1cccs1. The Morgan fingerprint density at radius 3 is 2.71 bits per heavy atom. The molecule has 6 nitrogen and oxygen atoms in total. The standard InChI is InChI=1S/C14H20N2O4S/c1-9(2)11(10-4-3-7-21-10)15-13(19)16-14(12(17)18)5-6-20-8-14/h3-4,7,9,11H,5-6,8H2,1-2H3,(H,17,18)(H2,15,16,19). The number of amides is 2. The Morgan fingerprint density at radius 1 is 1.48 bits per heavy atom. The minimum Gasteiger partial charge on any atom is -0.479 e. The zero-order chi connectivity index (χ0) is 15.5. The zero-order valence-corrected chi connectivity index (χ0v) is 12.9. The number of carbonyl (C=O) groups is 2. The van der Waals surface area contributed by atoms with Crippen molar-refractivity contribution < 1.29 is 19.4 Å². The average Bonchev–Trinajstić information content (AvgIpc) is 3.07. The first-order valence-electron chi connectivity index (χ1n) is 6.88. The number of carbonyl (C=O) groups excluding carboxylic acids is 1. The van der Waals surface area contributed by atoms with Crippen molar-refractivity contribution in [1.29, 1.82) is 0 Å². The third-order valence-corrected chi connectivity index (χ3v) is 4.54. The van der Waals surface area contributed by atoms with Crippen LogP contribution < -0.4 is 10.6 Å². The third kappa shape index (κ3) is 3.54. The molecule has 0 bridgehead atoms. The van der Waals surface area contributed by atoms with Crippen LogP contribution in [0.25, 0.3) is 0 Å². The smallest absolute Gasteiger partial charge is 0.332 e. The van der Waals surface area contributed by atoms with Crippen molar-refractivity contribution in [1.82, 2.24) is 10.6 Å². The monoisotopic (exact) mass is 312 g/mol. The van der Waals surface area contributed by atoms with Gasteiger partial charge in [-0.15, -0.1) is 11.3 Å². The lowest BCUT2D eigenvalue weighted by Crippen LogP contribution is -2.58. The first kappa shape index (κ1) is 15.8. The summed E-state index contributed by atoms with van der Waals surface area (Å²) < 4.78 is 5.13. The fourth-order valence-corrected chi connectivity index (χ4v) is 3.26. The highest BCUT2D eigenvalue weighted by molar-refractivity contribution is 7.10. The number of hydrogen-bond acceptors (Lipinski definition) is 4. The molecule has 1 saturated heterocycles. The Hall–Kier alpha value is -1.60. The van der Waals surface area contributed by atoms with Crippen LogP contribution in [0.4, 0.5) is 4.79 Å². The summed E-state index contributed by atoms with van der Waals surface area (Å²) in [4.78, 5) is 24.6. The van der Waals surface area contributed by atoms with Crippen LogP contribution in [0.3, 0.4) is 0 Å². The number of carboxylic acid groups (broad SMARTS) is 1. The van der Waals surface area contributed by atoms with Crippen molar-refractivity contribution in [2.45, 2.75) is 31.8 Å². The van der Waals surface area contributed by atoms with Crippen molar-refractivity contribution >= 4 is 23.3 Å². The minimum absolute atomic E-state index is 0.00109. The molecule has 2 rings (SSSR count). The molecular weight excluding hydrogens is 292 g/mol. The first-order chi connectivity index (χ1) is 9.94. The van der Waals surface area contributed by atoms with Gasteiger partial charge in [0, 0.05) is 17.9 Å². The number of nitrogens with one attached hydrogen (secondary N) is 2. The molecule has 1 aliphatic heterocycles. The molecular formula is C14H20N2O4S. The summed E-state index contributed by atoms with van der Waals surface area (Å²) in [7, 11) is 0. The highest BCUT2D eigenvalue weighted by Crippen LogP contribution is 2.26. The molecule has 0 aromatic carbocycles. The lowest BCUT2D eigenvalue weighted by Gasteiger charge is -2.27. The maximum Gasteiger partial charge on any atom is 0.332 e. The summed E-state index contributed by atoms with van der Waals surface area (Å²) >= 11 is 1.57. The van der Waals surface area contributed by atoms with Crippen molar-refractivity contribution in [2.24, 2.45) is 5.92 Å². The van der Waals surface area contributed by atoms with Crippen LogP contribution in [0.2, 0.25) is 0 Å². The van der Waals surface area contributed by atoms with Gasteiger partial charge in [-0.25, -0.2) is 9.59 Å². The van der Waals surface area contributed by atoms with E-state index >= 15 is 0 Å². The van der Waals surface area contributed by atoms with E-state index in [0.717, 1.165) is 4.88 Å². The van der Waals surface area contributed by atoms with Crippen molar-refractivity contribution in [3.63, 3.8) is 0 Å². The van der Waals surface area contributed by atoms with Crippen LogP contribution in [0.1, 0.15) is 31.2 Å². The van der Waals surface area contributed by atoms with Crippen molar-refractivity contribution in [2.75, 3.05) is 13.2 Å². The number of ether oxygens (including phenoxy) is 1. The van der Waals surface area contributed by atoms with Gasteiger partial charge in [0.1, 0.15) is 0 Å². The van der Waals surface area contributed by atoms with Gasteiger partial charge < -0.3 is 20.5 Å². The van der Waals surface area contributed by atoms with E-state index in [2.05, 4.69) is 10.6 Å². The van der Waals surface area contributed by atoms with E-state index in [0.29, 0.717) is 6.61 Å². The van der Waals surface area contributed by atoms with Crippen molar-refractivity contribution in [3.05, 3.63) is 22.4 Å². The molecule has 0 spiro atoms. The van der Waals surface area contributed by atoms with E-state index in [1.165, 1.54) is 0 Å². The molecule has 0 aliphatic carbocycles. The van der Waals surface area contributed by atoms with Gasteiger partial charge >= 0.3 is 12.0 Å². The Kier molecular flexibility index (Phi) is 4.84. The predicted molar refractivity (Wildman–Crippen MR) is 79.4 cm³/mol. The second kappa shape index (κ2) is 6.44. The number of rotatable bonds is 5. The maximum atomic E-state index is 12.2. The quantitative estimate of drug-likeness (QED) is 0.776. The summed E-state index contributed by atoms with van der Waals surface area (Å²) in [5, 5.41) is 16.7. The topological polar surface area (TPSA) is 87.7 Å². The highest BCUT2D eigenvalue weighted by atomic mass is 32.1. The van der Waals surface area contributed by atoms with Gasteiger partial charge in [0.25, 0.3) is 0 Å². The van der Waals surface area contributed by atoms with E-state index in [1.807, 2.05) is 31.4 Å². The Morgan fingerprint density at radius 2 is 2.24 bits per heavy atom. The van der Waals surface area contributed by atoms with E-state index in [4.69, 9.17) is 4.74 Å². The molecule has 116 valence electrons. The van der Waals surface area contributed by atoms with Gasteiger partial charge in [0.05, 0.1) is 12.6 Å². The zero-order valence-electron chi connectivity index (χ0n) is 12.1. The lowest BCUT2D eigenvalue weighted by molar-refractivity contribution is -0.144. The molecule has 1 aromatic rings. The molecule has 7 heteroatoms. The summed E-state index contributed by atoms with van der Waals surface area (Å²) in [6.07, 6.45) is 0.279. The lowest BCUT2D eigenvalue weighted by atomic mass is 9.99. The van der Waals surface area contributed by atoms with Crippen LogP contribution in [0.5, 0.6) is 0 Å². The van der Waals surface area contributed by atoms with E-state index < -0.39 is 17.5 Å². The summed E-state index contributed by atoms with van der Waals surface area (Å²) in [6, 6.07) is 3.27. The summed E-state index contributed by atoms with van der Waals surface area (Å²) in [5.41, 5.74) is -1.32. The number of carboxylic acids is 1. The third-order valence-electron chi connectivity index (χ3n) is 3.59. The summed E-state index contributed by atoms with van der Waals surface area (Å²) in [6.45, 7) is 4.36. The van der Waals surface area contributed by atoms with Gasteiger partial charge in [-0.05, 0) is 17.4 Å². The highest BCUT2D eigenvalue weighted by Gasteiger charge is 2.44. The number of urea groups is 1. The number of thiophene rings is 1. The van der Waals surface area contributed by atoms with E-state index in [-0.39, 0.29) is 25.0 Å². The van der Waals surface area contributed by atoms with Crippen LogP contribution in [0.15, 0.2) is 17.5 Å². The predicted octanol–water partition coefficient (Wildman–Crippen LogP) is 1.99. The summed E-state index contributed by atoms with van der Waals surface area (Å²) in [5.74, 6) is -0.859. The molecule has 1 aromatic heterocycles. The minimum atomic E-state index is -1.32. The maximum absolute atomic E-state index is 12.2. The van der Waals surface area contributed by atoms with Crippen molar-refractivity contribution in [3.8, 4) is 0 Å². The second-order valence-electron chi connectivity index (χ2n) is 5.53. The van der Waals surface area contributed by atoms with Crippen LogP contribution in [-0.4, -0.2) is 35.9 Å². The molecule has 2 amide bonds. The van der Waals surface area contributed by atoms with Gasteiger partial charge in [0.2, 0.25) is 0 Å². The molecule has 2 atom stereocenters. The largest absolute Gasteiger partial charge is 0.479 e. The fourth-order valence-electron chi connectivity index (χ4n) is 2.31. The van der Waals surface area contributed by atoms with Crippen LogP contribution in [0, 0.1) is 5.92 Å². The molecule has 0 radical (unpaired) electrons. The average molecular weight is 312 g/mol. The molecule has 2 heterocycles. The Balaban J connectivity index is 2.04. The van der Waals surface area contributed by atoms with Gasteiger partial charge in [-0.1, -0.05) is 19.9 Å². The van der Waals surface area contributed by atoms with Crippen LogP contribution >= 0.6 is 11.3 Å². The van der Waals surface area contributed by atoms with Crippen LogP contribution in [-0.2, 0) is 9.53 Å². The normalized spacial score (nSPS) is 23.0. The Labute approximate surface area is 127 Å². The second-order valence-corrected chi connectivity index (χ2v) is 6.50. The van der Waals surface area contributed by atoms with E-state index in [1.54, 1.807) is 11.3 Å². The molecule has 21 heavy (non-hydrogen) atoms. The van der Waals surface area contributed by atoms with E-state index in [9.17, 15) is 14.7 Å². The van der Waals surface area contributed by atoms with Gasteiger partial charge in [-0.3, -0.25) is 0 Å². The number of aliphatic carboxylic acids is 1.